The van der Waals surface area contributed by atoms with E-state index in [1.54, 1.807) is 41.3 Å². The summed E-state index contributed by atoms with van der Waals surface area (Å²) in [7, 11) is 0. The highest BCUT2D eigenvalue weighted by molar-refractivity contribution is 6.42. The Morgan fingerprint density at radius 1 is 1.00 bits per heavy atom. The minimum Gasteiger partial charge on any atom is -0.391 e. The first-order valence-electron chi connectivity index (χ1n) is 7.43. The van der Waals surface area contributed by atoms with Gasteiger partial charge in [-0.2, -0.15) is 5.10 Å². The third-order valence-corrected chi connectivity index (χ3v) is 4.77. The van der Waals surface area contributed by atoms with E-state index in [4.69, 9.17) is 51.2 Å². The lowest BCUT2D eigenvalue weighted by Crippen LogP contribution is -2.13. The van der Waals surface area contributed by atoms with Gasteiger partial charge in [0.2, 0.25) is 0 Å². The van der Waals surface area contributed by atoms with Crippen molar-refractivity contribution in [3.05, 3.63) is 80.3 Å². The van der Waals surface area contributed by atoms with Crippen LogP contribution in [0.3, 0.4) is 0 Å². The fraction of sp³-hybridized carbons (Fsp3) is 0.118. The van der Waals surface area contributed by atoms with Crippen molar-refractivity contribution >= 4 is 52.1 Å². The highest BCUT2D eigenvalue weighted by Crippen LogP contribution is 2.24. The van der Waals surface area contributed by atoms with E-state index in [2.05, 4.69) is 15.2 Å². The third kappa shape index (κ3) is 4.89. The summed E-state index contributed by atoms with van der Waals surface area (Å²) >= 11 is 24.1. The molecule has 0 spiro atoms. The maximum absolute atomic E-state index is 6.15. The molecule has 3 aromatic rings. The number of benzene rings is 2. The zero-order valence-corrected chi connectivity index (χ0v) is 16.3. The van der Waals surface area contributed by atoms with Crippen LogP contribution in [0.15, 0.2) is 54.2 Å². The molecular weight excluding hydrogens is 418 g/mol. The number of halogens is 4. The summed E-state index contributed by atoms with van der Waals surface area (Å²) in [5, 5.41) is 10.3. The van der Waals surface area contributed by atoms with Gasteiger partial charge in [0.15, 0.2) is 0 Å². The van der Waals surface area contributed by atoms with Crippen LogP contribution in [0.2, 0.25) is 20.1 Å². The van der Waals surface area contributed by atoms with Crippen molar-refractivity contribution in [2.45, 2.75) is 13.2 Å². The smallest absolute Gasteiger partial charge is 0.143 e. The van der Waals surface area contributed by atoms with Gasteiger partial charge in [0.25, 0.3) is 0 Å². The number of aromatic nitrogens is 3. The van der Waals surface area contributed by atoms with Crippen molar-refractivity contribution < 1.29 is 4.84 Å². The van der Waals surface area contributed by atoms with Crippen molar-refractivity contribution in [1.82, 2.24) is 14.8 Å². The van der Waals surface area contributed by atoms with Crippen molar-refractivity contribution in [3.63, 3.8) is 0 Å². The number of hydrogen-bond donors (Lipinski definition) is 0. The Balaban J connectivity index is 1.82. The van der Waals surface area contributed by atoms with Crippen LogP contribution in [0.4, 0.5) is 0 Å². The lowest BCUT2D eigenvalue weighted by molar-refractivity contribution is 0.130. The standard InChI is InChI=1S/C17H12Cl4N4O/c18-13-3-1-12(15(20)6-13)8-26-24-17(7-25-10-22-9-23-25)11-2-4-14(19)16(21)5-11/h1-6,9-10H,7-8H2. The second-order valence-corrected chi connectivity index (χ2v) is 6.93. The van der Waals surface area contributed by atoms with Crippen LogP contribution in [-0.4, -0.2) is 20.5 Å². The van der Waals surface area contributed by atoms with Gasteiger partial charge in [-0.05, 0) is 24.3 Å². The Kier molecular flexibility index (Phi) is 6.38. The summed E-state index contributed by atoms with van der Waals surface area (Å²) in [5.74, 6) is 0. The molecule has 1 aromatic heterocycles. The second kappa shape index (κ2) is 8.73. The summed E-state index contributed by atoms with van der Waals surface area (Å²) in [6.45, 7) is 0.546. The largest absolute Gasteiger partial charge is 0.391 e. The molecule has 5 nitrogen and oxygen atoms in total. The van der Waals surface area contributed by atoms with E-state index in [-0.39, 0.29) is 6.61 Å². The van der Waals surface area contributed by atoms with E-state index < -0.39 is 0 Å². The van der Waals surface area contributed by atoms with Crippen molar-refractivity contribution in [1.29, 1.82) is 0 Å². The molecule has 0 aliphatic rings. The van der Waals surface area contributed by atoms with Gasteiger partial charge in [-0.1, -0.05) is 63.7 Å². The predicted octanol–water partition coefficient (Wildman–Crippen LogP) is 5.51. The average molecular weight is 430 g/mol. The molecule has 9 heteroatoms. The zero-order chi connectivity index (χ0) is 18.5. The average Bonchev–Trinajstić information content (AvgIpc) is 3.11. The lowest BCUT2D eigenvalue weighted by Gasteiger charge is -2.09. The summed E-state index contributed by atoms with van der Waals surface area (Å²) in [4.78, 5) is 9.43. The van der Waals surface area contributed by atoms with Gasteiger partial charge in [-0.25, -0.2) is 9.67 Å². The topological polar surface area (TPSA) is 52.3 Å². The number of nitrogens with zero attached hydrogens (tertiary/aromatic N) is 4. The molecule has 134 valence electrons. The molecule has 2 aromatic carbocycles. The summed E-state index contributed by atoms with van der Waals surface area (Å²) < 4.78 is 1.62. The normalized spacial score (nSPS) is 11.6. The first-order chi connectivity index (χ1) is 12.5. The Hall–Kier alpha value is -1.79. The first-order valence-corrected chi connectivity index (χ1v) is 8.94. The Bertz CT molecular complexity index is 929. The molecular formula is C17H12Cl4N4O. The van der Waals surface area contributed by atoms with E-state index in [0.29, 0.717) is 32.3 Å². The summed E-state index contributed by atoms with van der Waals surface area (Å²) in [5.41, 5.74) is 2.14. The van der Waals surface area contributed by atoms with Crippen molar-refractivity contribution in [3.8, 4) is 0 Å². The first kappa shape index (κ1) is 19.0. The molecule has 0 radical (unpaired) electrons. The van der Waals surface area contributed by atoms with Crippen molar-refractivity contribution in [2.75, 3.05) is 0 Å². The minimum atomic E-state index is 0.193. The highest BCUT2D eigenvalue weighted by atomic mass is 35.5. The molecule has 0 aliphatic heterocycles. The molecule has 0 N–H and O–H groups in total. The number of hydrogen-bond acceptors (Lipinski definition) is 4. The van der Waals surface area contributed by atoms with E-state index in [1.807, 2.05) is 6.07 Å². The number of rotatable bonds is 6. The molecule has 26 heavy (non-hydrogen) atoms. The summed E-state index contributed by atoms with van der Waals surface area (Å²) in [6.07, 6.45) is 3.03. The van der Waals surface area contributed by atoms with Crippen molar-refractivity contribution in [2.24, 2.45) is 5.16 Å². The monoisotopic (exact) mass is 428 g/mol. The second-order valence-electron chi connectivity index (χ2n) is 5.27. The SMILES string of the molecule is Clc1ccc(CON=C(Cn2cncn2)c2ccc(Cl)c(Cl)c2)c(Cl)c1. The lowest BCUT2D eigenvalue weighted by atomic mass is 10.1. The molecule has 3 rings (SSSR count). The minimum absolute atomic E-state index is 0.193. The van der Waals surface area contributed by atoms with Crippen LogP contribution in [-0.2, 0) is 18.0 Å². The van der Waals surface area contributed by atoms with Crippen LogP contribution in [0.1, 0.15) is 11.1 Å². The Morgan fingerprint density at radius 2 is 1.85 bits per heavy atom. The zero-order valence-electron chi connectivity index (χ0n) is 13.2. The van der Waals surface area contributed by atoms with Gasteiger partial charge >= 0.3 is 0 Å². The maximum atomic E-state index is 6.15. The third-order valence-electron chi connectivity index (χ3n) is 3.44. The van der Waals surface area contributed by atoms with Crippen LogP contribution in [0, 0.1) is 0 Å². The van der Waals surface area contributed by atoms with E-state index in [1.165, 1.54) is 6.33 Å². The van der Waals surface area contributed by atoms with E-state index in [9.17, 15) is 0 Å². The Morgan fingerprint density at radius 3 is 2.54 bits per heavy atom. The quantitative estimate of drug-likeness (QED) is 0.383. The van der Waals surface area contributed by atoms with Gasteiger partial charge in [-0.15, -0.1) is 0 Å². The molecule has 0 bridgehead atoms. The van der Waals surface area contributed by atoms with E-state index in [0.717, 1.165) is 11.1 Å². The maximum Gasteiger partial charge on any atom is 0.143 e. The van der Waals surface area contributed by atoms with Gasteiger partial charge < -0.3 is 4.84 Å². The molecule has 1 heterocycles. The molecule has 0 aliphatic carbocycles. The fourth-order valence-corrected chi connectivity index (χ4v) is 2.90. The van der Waals surface area contributed by atoms with E-state index >= 15 is 0 Å². The summed E-state index contributed by atoms with van der Waals surface area (Å²) in [6, 6.07) is 10.4. The van der Waals surface area contributed by atoms with Gasteiger partial charge in [-0.3, -0.25) is 0 Å². The highest BCUT2D eigenvalue weighted by Gasteiger charge is 2.10. The van der Waals surface area contributed by atoms with Crippen LogP contribution in [0.5, 0.6) is 0 Å². The molecule has 0 fully saturated rings. The van der Waals surface area contributed by atoms with Gasteiger partial charge in [0.1, 0.15) is 25.0 Å². The molecule has 0 atom stereocenters. The number of oxime groups is 1. The molecule has 0 unspecified atom stereocenters. The Labute approximate surface area is 170 Å². The van der Waals surface area contributed by atoms with Gasteiger partial charge in [0, 0.05) is 21.2 Å². The molecule has 0 saturated carbocycles. The van der Waals surface area contributed by atoms with Crippen LogP contribution >= 0.6 is 46.4 Å². The molecule has 0 amide bonds. The predicted molar refractivity (Wildman–Crippen MR) is 104 cm³/mol. The molecule has 0 saturated heterocycles. The fourth-order valence-electron chi connectivity index (χ4n) is 2.13. The van der Waals surface area contributed by atoms with Gasteiger partial charge in [0.05, 0.1) is 16.6 Å². The van der Waals surface area contributed by atoms with Crippen LogP contribution < -0.4 is 0 Å². The van der Waals surface area contributed by atoms with Crippen LogP contribution in [0.25, 0.3) is 0 Å².